The average molecular weight is 273 g/mol. The van der Waals surface area contributed by atoms with Gasteiger partial charge in [0, 0.05) is 30.4 Å². The van der Waals surface area contributed by atoms with Crippen molar-refractivity contribution in [1.29, 1.82) is 0 Å². The molecule has 0 aliphatic heterocycles. The second-order valence-electron chi connectivity index (χ2n) is 4.87. The molecule has 0 aliphatic carbocycles. The Balaban J connectivity index is 2.10. The predicted octanol–water partition coefficient (Wildman–Crippen LogP) is 3.06. The molecule has 1 atom stereocenters. The second kappa shape index (κ2) is 7.10. The van der Waals surface area contributed by atoms with Gasteiger partial charge >= 0.3 is 0 Å². The fraction of sp³-hybridized carbons (Fsp3) is 0.438. The number of rotatable bonds is 7. The first-order valence-electron chi connectivity index (χ1n) is 7.17. The Labute approximate surface area is 120 Å². The Morgan fingerprint density at radius 2 is 2.10 bits per heavy atom. The Hall–Kier alpha value is -1.81. The maximum atomic E-state index is 5.97. The molecule has 0 saturated heterocycles. The minimum absolute atomic E-state index is 0.338. The zero-order chi connectivity index (χ0) is 14.4. The molecule has 2 rings (SSSR count). The molecule has 4 heteroatoms. The maximum Gasteiger partial charge on any atom is 0.124 e. The van der Waals surface area contributed by atoms with Crippen LogP contribution in [0.25, 0.3) is 0 Å². The van der Waals surface area contributed by atoms with Gasteiger partial charge in [0.25, 0.3) is 0 Å². The van der Waals surface area contributed by atoms with E-state index in [1.54, 1.807) is 4.68 Å². The van der Waals surface area contributed by atoms with Crippen LogP contribution in [0.1, 0.15) is 37.4 Å². The summed E-state index contributed by atoms with van der Waals surface area (Å²) >= 11 is 0. The van der Waals surface area contributed by atoms with Gasteiger partial charge in [-0.3, -0.25) is 4.68 Å². The number of nitrogens with zero attached hydrogens (tertiary/aromatic N) is 2. The van der Waals surface area contributed by atoms with Crippen molar-refractivity contribution in [2.45, 2.75) is 32.9 Å². The SMILES string of the molecule is CCNC(CC)c1ccccc1OCc1cnn(C)c1. The number of benzene rings is 1. The van der Waals surface area contributed by atoms with Crippen LogP contribution in [0.3, 0.4) is 0 Å². The van der Waals surface area contributed by atoms with Gasteiger partial charge in [-0.2, -0.15) is 5.10 Å². The van der Waals surface area contributed by atoms with E-state index in [1.807, 2.05) is 31.6 Å². The van der Waals surface area contributed by atoms with Crippen LogP contribution < -0.4 is 10.1 Å². The van der Waals surface area contributed by atoms with Gasteiger partial charge in [0.15, 0.2) is 0 Å². The topological polar surface area (TPSA) is 39.1 Å². The lowest BCUT2D eigenvalue weighted by molar-refractivity contribution is 0.298. The van der Waals surface area contributed by atoms with Gasteiger partial charge in [0.2, 0.25) is 0 Å². The maximum absolute atomic E-state index is 5.97. The van der Waals surface area contributed by atoms with Crippen molar-refractivity contribution in [3.63, 3.8) is 0 Å². The fourth-order valence-electron chi connectivity index (χ4n) is 2.33. The van der Waals surface area contributed by atoms with Gasteiger partial charge in [-0.1, -0.05) is 32.0 Å². The van der Waals surface area contributed by atoms with Crippen molar-refractivity contribution in [1.82, 2.24) is 15.1 Å². The van der Waals surface area contributed by atoms with Crippen LogP contribution in [-0.2, 0) is 13.7 Å². The van der Waals surface area contributed by atoms with Crippen LogP contribution >= 0.6 is 0 Å². The number of aryl methyl sites for hydroxylation is 1. The molecule has 0 fully saturated rings. The van der Waals surface area contributed by atoms with Crippen LogP contribution in [0.5, 0.6) is 5.75 Å². The molecule has 108 valence electrons. The number of hydrogen-bond acceptors (Lipinski definition) is 3. The molecule has 0 aliphatic rings. The largest absolute Gasteiger partial charge is 0.488 e. The number of hydrogen-bond donors (Lipinski definition) is 1. The summed E-state index contributed by atoms with van der Waals surface area (Å²) in [5, 5.41) is 7.65. The second-order valence-corrected chi connectivity index (χ2v) is 4.87. The molecule has 1 N–H and O–H groups in total. The lowest BCUT2D eigenvalue weighted by Crippen LogP contribution is -2.20. The zero-order valence-corrected chi connectivity index (χ0v) is 12.5. The standard InChI is InChI=1S/C16H23N3O/c1-4-15(17-5-2)14-8-6-7-9-16(14)20-12-13-10-18-19(3)11-13/h6-11,15,17H,4-5,12H2,1-3H3. The van der Waals surface area contributed by atoms with E-state index in [9.17, 15) is 0 Å². The molecule has 1 heterocycles. The van der Waals surface area contributed by atoms with E-state index >= 15 is 0 Å². The molecule has 1 aromatic heterocycles. The van der Waals surface area contributed by atoms with Crippen LogP contribution in [0.15, 0.2) is 36.7 Å². The van der Waals surface area contributed by atoms with E-state index in [1.165, 1.54) is 5.56 Å². The predicted molar refractivity (Wildman–Crippen MR) is 80.7 cm³/mol. The Bertz CT molecular complexity index is 536. The van der Waals surface area contributed by atoms with Crippen LogP contribution in [0.2, 0.25) is 0 Å². The molecule has 0 saturated carbocycles. The lowest BCUT2D eigenvalue weighted by atomic mass is 10.0. The highest BCUT2D eigenvalue weighted by Crippen LogP contribution is 2.27. The molecule has 4 nitrogen and oxygen atoms in total. The van der Waals surface area contributed by atoms with Crippen LogP contribution in [0.4, 0.5) is 0 Å². The van der Waals surface area contributed by atoms with E-state index in [-0.39, 0.29) is 0 Å². The third-order valence-corrected chi connectivity index (χ3v) is 3.31. The molecule has 1 unspecified atom stereocenters. The average Bonchev–Trinajstić information content (AvgIpc) is 2.89. The van der Waals surface area contributed by atoms with Gasteiger partial charge < -0.3 is 10.1 Å². The molecule has 20 heavy (non-hydrogen) atoms. The summed E-state index contributed by atoms with van der Waals surface area (Å²) in [4.78, 5) is 0. The minimum Gasteiger partial charge on any atom is -0.488 e. The first-order valence-corrected chi connectivity index (χ1v) is 7.17. The van der Waals surface area contributed by atoms with Gasteiger partial charge in [0.1, 0.15) is 12.4 Å². The molecular weight excluding hydrogens is 250 g/mol. The highest BCUT2D eigenvalue weighted by molar-refractivity contribution is 5.36. The van der Waals surface area contributed by atoms with E-state index in [2.05, 4.69) is 36.4 Å². The number of aromatic nitrogens is 2. The number of nitrogens with one attached hydrogen (secondary N) is 1. The van der Waals surface area contributed by atoms with Gasteiger partial charge in [-0.15, -0.1) is 0 Å². The van der Waals surface area contributed by atoms with E-state index < -0.39 is 0 Å². The summed E-state index contributed by atoms with van der Waals surface area (Å²) in [6.07, 6.45) is 4.86. The summed E-state index contributed by atoms with van der Waals surface area (Å²) in [7, 11) is 1.91. The smallest absolute Gasteiger partial charge is 0.124 e. The summed E-state index contributed by atoms with van der Waals surface area (Å²) < 4.78 is 7.76. The van der Waals surface area contributed by atoms with Crippen LogP contribution in [0, 0.1) is 0 Å². The van der Waals surface area contributed by atoms with Crippen molar-refractivity contribution < 1.29 is 4.74 Å². The molecule has 1 aromatic carbocycles. The Morgan fingerprint density at radius 1 is 1.30 bits per heavy atom. The molecule has 0 amide bonds. The molecular formula is C16H23N3O. The first kappa shape index (κ1) is 14.6. The molecule has 0 spiro atoms. The van der Waals surface area contributed by atoms with Gasteiger partial charge in [0.05, 0.1) is 6.20 Å². The highest BCUT2D eigenvalue weighted by atomic mass is 16.5. The van der Waals surface area contributed by atoms with Crippen molar-refractivity contribution in [2.24, 2.45) is 7.05 Å². The number of ether oxygens (including phenoxy) is 1. The van der Waals surface area contributed by atoms with E-state index in [4.69, 9.17) is 4.74 Å². The third-order valence-electron chi connectivity index (χ3n) is 3.31. The lowest BCUT2D eigenvalue weighted by Gasteiger charge is -2.19. The quantitative estimate of drug-likeness (QED) is 0.842. The normalized spacial score (nSPS) is 12.3. The van der Waals surface area contributed by atoms with Crippen molar-refractivity contribution in [3.8, 4) is 5.75 Å². The van der Waals surface area contributed by atoms with Gasteiger partial charge in [-0.05, 0) is 19.0 Å². The first-order chi connectivity index (χ1) is 9.74. The summed E-state index contributed by atoms with van der Waals surface area (Å²) in [5.41, 5.74) is 2.31. The van der Waals surface area contributed by atoms with Crippen molar-refractivity contribution in [3.05, 3.63) is 47.8 Å². The number of para-hydroxylation sites is 1. The minimum atomic E-state index is 0.338. The Morgan fingerprint density at radius 3 is 2.75 bits per heavy atom. The third kappa shape index (κ3) is 3.61. The monoisotopic (exact) mass is 273 g/mol. The van der Waals surface area contributed by atoms with Crippen molar-refractivity contribution in [2.75, 3.05) is 6.54 Å². The highest BCUT2D eigenvalue weighted by Gasteiger charge is 2.13. The molecule has 0 radical (unpaired) electrons. The summed E-state index contributed by atoms with van der Waals surface area (Å²) in [6, 6.07) is 8.58. The Kier molecular flexibility index (Phi) is 5.18. The fourth-order valence-corrected chi connectivity index (χ4v) is 2.33. The molecule has 0 bridgehead atoms. The van der Waals surface area contributed by atoms with E-state index in [0.29, 0.717) is 12.6 Å². The van der Waals surface area contributed by atoms with Crippen LogP contribution in [-0.4, -0.2) is 16.3 Å². The molecule has 2 aromatic rings. The van der Waals surface area contributed by atoms with E-state index in [0.717, 1.165) is 24.3 Å². The van der Waals surface area contributed by atoms with Gasteiger partial charge in [-0.25, -0.2) is 0 Å². The zero-order valence-electron chi connectivity index (χ0n) is 12.5. The van der Waals surface area contributed by atoms with Crippen molar-refractivity contribution >= 4 is 0 Å². The summed E-state index contributed by atoms with van der Waals surface area (Å²) in [5.74, 6) is 0.948. The summed E-state index contributed by atoms with van der Waals surface area (Å²) in [6.45, 7) is 5.82.